The molecule has 0 aliphatic heterocycles. The second-order valence-corrected chi connectivity index (χ2v) is 19.6. The van der Waals surface area contributed by atoms with Gasteiger partial charge in [-0.1, -0.05) is 0 Å². The molecule has 6 rings (SSSR count). The van der Waals surface area contributed by atoms with Gasteiger partial charge in [-0.15, -0.1) is 0 Å². The molecule has 6 atom stereocenters. The van der Waals surface area contributed by atoms with Gasteiger partial charge >= 0.3 is 289 Å². The maximum atomic E-state index is 2.66. The number of rotatable bonds is 13. The number of hydrogen-bond donors (Lipinski definition) is 0. The number of fused-ring (bicyclic) bond motifs is 3. The van der Waals surface area contributed by atoms with E-state index >= 15 is 0 Å². The molecule has 0 amide bonds. The van der Waals surface area contributed by atoms with Crippen LogP contribution in [0.4, 0.5) is 0 Å². The molecule has 256 valence electrons. The third-order valence-electron chi connectivity index (χ3n) is 11.7. The maximum Gasteiger partial charge on any atom is -1.00 e. The fourth-order valence-electron chi connectivity index (χ4n) is 9.51. The Hall–Kier alpha value is -1.06. The fraction of sp³-hybridized carbons (Fsp3) is 0.488. The van der Waals surface area contributed by atoms with E-state index in [1.165, 1.54) is 93.7 Å². The number of hydrogen-bond acceptors (Lipinski definition) is 0. The first-order valence-electron chi connectivity index (χ1n) is 18.5. The Bertz CT molecular complexity index is 1310. The summed E-state index contributed by atoms with van der Waals surface area (Å²) < 4.78 is 0.768. The number of halogens is 3. The first-order valence-corrected chi connectivity index (χ1v) is 21.4. The minimum Gasteiger partial charge on any atom is -1.00 e. The third kappa shape index (κ3) is 8.35. The van der Waals surface area contributed by atoms with Crippen molar-refractivity contribution in [2.24, 2.45) is 23.7 Å². The summed E-state index contributed by atoms with van der Waals surface area (Å²) in [5.74, 6) is 2.84. The van der Waals surface area contributed by atoms with E-state index in [9.17, 15) is 0 Å². The zero-order chi connectivity index (χ0) is 31.2. The van der Waals surface area contributed by atoms with Gasteiger partial charge in [-0.25, -0.2) is 0 Å². The summed E-state index contributed by atoms with van der Waals surface area (Å²) in [6, 6.07) is 30.6. The van der Waals surface area contributed by atoms with Crippen LogP contribution in [0.1, 0.15) is 95.2 Å². The van der Waals surface area contributed by atoms with Crippen LogP contribution in [0, 0.1) is 23.7 Å². The SMILES string of the molecule is CCCCc1ccc([Si](c2ccc(CCCC)cc2)(c2ccc(CCCC)cc2)C2C3C=CC=CC3C3CCC[CH]([Ti+3])C32)cc1.[Cl-].[Cl-].[Cl-]. The quantitative estimate of drug-likeness (QED) is 0.178. The van der Waals surface area contributed by atoms with Crippen LogP contribution >= 0.6 is 0 Å². The monoisotopic (exact) mass is 752 g/mol. The van der Waals surface area contributed by atoms with Gasteiger partial charge < -0.3 is 37.2 Å². The molecule has 0 bridgehead atoms. The Kier molecular flexibility index (Phi) is 16.8. The van der Waals surface area contributed by atoms with E-state index in [0.717, 1.165) is 16.1 Å². The van der Waals surface area contributed by atoms with E-state index in [-0.39, 0.29) is 37.2 Å². The number of allylic oxidation sites excluding steroid dienone is 4. The van der Waals surface area contributed by atoms with Crippen LogP contribution in [0.15, 0.2) is 97.1 Å². The van der Waals surface area contributed by atoms with Gasteiger partial charge in [0.15, 0.2) is 0 Å². The number of aryl methyl sites for hydroxylation is 3. The van der Waals surface area contributed by atoms with Crippen LogP contribution in [0.25, 0.3) is 0 Å². The zero-order valence-electron chi connectivity index (χ0n) is 29.3. The molecule has 3 aliphatic carbocycles. The van der Waals surface area contributed by atoms with Gasteiger partial charge in [0.1, 0.15) is 0 Å². The molecule has 6 unspecified atom stereocenters. The molecule has 0 nitrogen and oxygen atoms in total. The zero-order valence-corrected chi connectivity index (χ0v) is 34.2. The first kappa shape index (κ1) is 41.4. The van der Waals surface area contributed by atoms with E-state index in [1.807, 2.05) is 0 Å². The topological polar surface area (TPSA) is 0 Å². The molecule has 0 heterocycles. The minimum absolute atomic E-state index is 0. The summed E-state index contributed by atoms with van der Waals surface area (Å²) in [5.41, 5.74) is 5.15. The summed E-state index contributed by atoms with van der Waals surface area (Å²) in [7, 11) is -2.50. The fourth-order valence-corrected chi connectivity index (χ4v) is 17.0. The second kappa shape index (κ2) is 19.5. The standard InChI is InChI=1S/C43H55Si.3ClH.Ti/c1-4-7-14-33-21-27-36(28-22-33)44(37-29-23-34(24-30-37)15-8-5-2,38-31-25-35(26-32-38)16-9-6-3)43-41-19-12-10-17-39(41)40-18-11-13-20-42(40)43;;;;/h10,12,17,19-32,39-43H,4-9,11,13-16,18H2,1-3H3;3*1H;/q;;;;+3/p-3. The maximum absolute atomic E-state index is 2.66. The van der Waals surface area contributed by atoms with Crippen LogP contribution in [-0.4, -0.2) is 8.07 Å². The number of benzene rings is 3. The summed E-state index contributed by atoms with van der Waals surface area (Å²) >= 11 is 2.61. The first-order chi connectivity index (χ1) is 22.1. The molecule has 0 spiro atoms. The van der Waals surface area contributed by atoms with Crippen LogP contribution in [0.5, 0.6) is 0 Å². The molecule has 2 fully saturated rings. The molecule has 5 heteroatoms. The van der Waals surface area contributed by atoms with Crippen molar-refractivity contribution < 1.29 is 57.7 Å². The molecule has 0 radical (unpaired) electrons. The average Bonchev–Trinajstić information content (AvgIpc) is 3.43. The molecule has 3 aliphatic rings. The molecule has 3 aromatic rings. The van der Waals surface area contributed by atoms with Gasteiger partial charge in [0, 0.05) is 0 Å². The Morgan fingerprint density at radius 1 is 0.562 bits per heavy atom. The van der Waals surface area contributed by atoms with Crippen molar-refractivity contribution in [1.29, 1.82) is 0 Å². The molecule has 0 aromatic heterocycles. The largest absolute Gasteiger partial charge is 1.00 e. The van der Waals surface area contributed by atoms with Gasteiger partial charge in [0.05, 0.1) is 0 Å². The molecule has 48 heavy (non-hydrogen) atoms. The summed E-state index contributed by atoms with van der Waals surface area (Å²) in [5, 5.41) is 4.90. The van der Waals surface area contributed by atoms with Crippen LogP contribution in [0.2, 0.25) is 9.76 Å². The molecule has 2 saturated carbocycles. The molecular weight excluding hydrogens is 699 g/mol. The van der Waals surface area contributed by atoms with Crippen LogP contribution in [0.3, 0.4) is 0 Å². The molecule has 0 N–H and O–H groups in total. The van der Waals surface area contributed by atoms with Crippen molar-refractivity contribution in [2.75, 3.05) is 0 Å². The van der Waals surface area contributed by atoms with E-state index in [1.54, 1.807) is 15.6 Å². The van der Waals surface area contributed by atoms with Crippen LogP contribution in [-0.2, 0) is 39.7 Å². The summed E-state index contributed by atoms with van der Waals surface area (Å²) in [6.07, 6.45) is 25.3. The summed E-state index contributed by atoms with van der Waals surface area (Å²) in [6.45, 7) is 6.93. The number of unbranched alkanes of at least 4 members (excludes halogenated alkanes) is 3. The normalized spacial score (nSPS) is 24.1. The predicted octanol–water partition coefficient (Wildman–Crippen LogP) is 0.690. The molecule has 0 saturated heterocycles. The van der Waals surface area contributed by atoms with Crippen molar-refractivity contribution in [3.05, 3.63) is 114 Å². The van der Waals surface area contributed by atoms with Gasteiger partial charge in [-0.05, 0) is 0 Å². The molecular formula is C43H55Cl3SiTi. The molecule has 3 aromatic carbocycles. The minimum atomic E-state index is -2.50. The smallest absolute Gasteiger partial charge is 1.00 e. The van der Waals surface area contributed by atoms with Gasteiger partial charge in [0.2, 0.25) is 0 Å². The van der Waals surface area contributed by atoms with E-state index in [4.69, 9.17) is 0 Å². The van der Waals surface area contributed by atoms with Gasteiger partial charge in [0.25, 0.3) is 0 Å². The van der Waals surface area contributed by atoms with Crippen molar-refractivity contribution in [3.8, 4) is 0 Å². The average molecular weight is 754 g/mol. The second-order valence-electron chi connectivity index (χ2n) is 14.4. The Balaban J connectivity index is 0.00000208. The van der Waals surface area contributed by atoms with Crippen LogP contribution < -0.4 is 52.8 Å². The summed E-state index contributed by atoms with van der Waals surface area (Å²) in [4.78, 5) is 0. The van der Waals surface area contributed by atoms with E-state index in [0.29, 0.717) is 17.4 Å². The van der Waals surface area contributed by atoms with E-state index < -0.39 is 8.07 Å². The Morgan fingerprint density at radius 2 is 0.958 bits per heavy atom. The van der Waals surface area contributed by atoms with Crippen molar-refractivity contribution in [2.45, 2.75) is 108 Å². The van der Waals surface area contributed by atoms with Gasteiger partial charge in [-0.2, -0.15) is 0 Å². The Morgan fingerprint density at radius 3 is 1.35 bits per heavy atom. The third-order valence-corrected chi connectivity index (χ3v) is 18.3. The van der Waals surface area contributed by atoms with Gasteiger partial charge in [-0.3, -0.25) is 0 Å². The van der Waals surface area contributed by atoms with E-state index in [2.05, 4.69) is 138 Å². The van der Waals surface area contributed by atoms with Crippen molar-refractivity contribution in [3.63, 3.8) is 0 Å². The Labute approximate surface area is 324 Å². The van der Waals surface area contributed by atoms with Crippen molar-refractivity contribution in [1.82, 2.24) is 0 Å². The predicted molar refractivity (Wildman–Crippen MR) is 193 cm³/mol. The van der Waals surface area contributed by atoms with Crippen molar-refractivity contribution >= 4 is 23.6 Å².